The number of hydrogen-bond acceptors (Lipinski definition) is 10. The van der Waals surface area contributed by atoms with Gasteiger partial charge in [0.05, 0.1) is 26.9 Å². The van der Waals surface area contributed by atoms with Gasteiger partial charge in [-0.15, -0.1) is 11.8 Å². The quantitative estimate of drug-likeness (QED) is 0.236. The van der Waals surface area contributed by atoms with Crippen LogP contribution in [-0.2, 0) is 48.6 Å². The molecule has 0 N–H and O–H groups in total. The molecule has 0 unspecified atom stereocenters. The Morgan fingerprint density at radius 1 is 0.674 bits per heavy atom. The molecule has 0 radical (unpaired) electrons. The molecule has 43 heavy (non-hydrogen) atoms. The Labute approximate surface area is 261 Å². The lowest BCUT2D eigenvalue weighted by atomic mass is 9.96. The van der Waals surface area contributed by atoms with Crippen molar-refractivity contribution in [3.05, 3.63) is 35.9 Å². The number of rotatable bonds is 9. The normalized spacial score (nSPS) is 22.0. The third kappa shape index (κ3) is 10.8. The maximum Gasteiger partial charge on any atom is 0.313 e. The lowest BCUT2D eigenvalue weighted by Crippen LogP contribution is -2.48. The first-order valence-electron chi connectivity index (χ1n) is 14.6. The fourth-order valence-electron chi connectivity index (χ4n) is 3.57. The van der Waals surface area contributed by atoms with Crippen LogP contribution in [0.25, 0.3) is 0 Å². The summed E-state index contributed by atoms with van der Waals surface area (Å²) < 4.78 is 29.8. The van der Waals surface area contributed by atoms with Crippen molar-refractivity contribution in [2.45, 2.75) is 119 Å². The summed E-state index contributed by atoms with van der Waals surface area (Å²) in [6, 6.07) is 9.71. The fourth-order valence-corrected chi connectivity index (χ4v) is 4.75. The van der Waals surface area contributed by atoms with Crippen molar-refractivity contribution < 1.29 is 42.9 Å². The molecule has 1 aliphatic rings. The number of esters is 4. The number of hydrogen-bond donors (Lipinski definition) is 0. The molecule has 5 atom stereocenters. The lowest BCUT2D eigenvalue weighted by Gasteiger charge is -2.31. The van der Waals surface area contributed by atoms with E-state index < -0.39 is 75.4 Å². The van der Waals surface area contributed by atoms with E-state index in [1.807, 2.05) is 30.3 Å². The minimum absolute atomic E-state index is 0.0816. The van der Waals surface area contributed by atoms with Crippen molar-refractivity contribution in [1.29, 1.82) is 0 Å². The minimum Gasteiger partial charge on any atom is -0.464 e. The number of carbonyl (C=O) groups excluding carboxylic acids is 4. The van der Waals surface area contributed by atoms with Crippen molar-refractivity contribution >= 4 is 35.6 Å². The number of thioether (sulfide) groups is 1. The van der Waals surface area contributed by atoms with E-state index in [1.165, 1.54) is 11.8 Å². The van der Waals surface area contributed by atoms with Gasteiger partial charge in [-0.1, -0.05) is 30.3 Å². The van der Waals surface area contributed by atoms with E-state index in [-0.39, 0.29) is 6.61 Å². The van der Waals surface area contributed by atoms with Crippen molar-refractivity contribution in [3.8, 4) is 0 Å². The molecule has 0 amide bonds. The standard InChI is InChI=1S/C33H50O9S/c1-30(2,3)26(34)38-18-21(43-19-20-16-14-13-15-17-20)22-23(40-27(35)31(4,5)6)24(41-28(36)32(7,8)9)25(39-22)42-29(37)33(10,11)12/h13-17,21-25H,18-19H2,1-12H3/t21-,22+,23+,24-,25-/m1/s1. The highest BCUT2D eigenvalue weighted by Crippen LogP contribution is 2.38. The SMILES string of the molecule is CC(C)(C)C(=O)OC[C@@H](SCc1ccccc1)[C@@H]1O[C@H](OC(=O)C(C)(C)C)[C@H](OC(=O)C(C)(C)C)[C@H]1OC(=O)C(C)(C)C. The van der Waals surface area contributed by atoms with Crippen LogP contribution in [0.2, 0.25) is 0 Å². The third-order valence-corrected chi connectivity index (χ3v) is 7.75. The molecule has 0 saturated carbocycles. The first-order chi connectivity index (χ1) is 19.5. The Hall–Kier alpha value is -2.59. The van der Waals surface area contributed by atoms with Gasteiger partial charge in [0, 0.05) is 5.75 Å². The van der Waals surface area contributed by atoms with Crippen LogP contribution < -0.4 is 0 Å². The van der Waals surface area contributed by atoms with Crippen LogP contribution >= 0.6 is 11.8 Å². The van der Waals surface area contributed by atoms with Crippen LogP contribution in [0, 0.1) is 21.7 Å². The summed E-state index contributed by atoms with van der Waals surface area (Å²) in [5, 5.41) is -0.585. The summed E-state index contributed by atoms with van der Waals surface area (Å²) in [6.07, 6.45) is -4.73. The van der Waals surface area contributed by atoms with Gasteiger partial charge < -0.3 is 23.7 Å². The largest absolute Gasteiger partial charge is 0.464 e. The van der Waals surface area contributed by atoms with E-state index in [0.29, 0.717) is 5.75 Å². The molecule has 1 saturated heterocycles. The second-order valence-corrected chi connectivity index (χ2v) is 16.3. The van der Waals surface area contributed by atoms with Gasteiger partial charge in [-0.3, -0.25) is 19.2 Å². The maximum absolute atomic E-state index is 13.3. The van der Waals surface area contributed by atoms with Crippen LogP contribution in [0.4, 0.5) is 0 Å². The summed E-state index contributed by atoms with van der Waals surface area (Å²) in [5.74, 6) is -1.60. The van der Waals surface area contributed by atoms with E-state index in [4.69, 9.17) is 23.7 Å². The second kappa shape index (κ2) is 14.0. The molecule has 1 fully saturated rings. The van der Waals surface area contributed by atoms with Crippen LogP contribution in [0.5, 0.6) is 0 Å². The predicted molar refractivity (Wildman–Crippen MR) is 165 cm³/mol. The van der Waals surface area contributed by atoms with E-state index >= 15 is 0 Å². The Balaban J connectivity index is 2.58. The van der Waals surface area contributed by atoms with Gasteiger partial charge in [-0.05, 0) is 88.6 Å². The molecule has 1 aromatic rings. The van der Waals surface area contributed by atoms with Crippen LogP contribution in [-0.4, -0.2) is 60.3 Å². The van der Waals surface area contributed by atoms with Crippen molar-refractivity contribution in [2.75, 3.05) is 6.61 Å². The summed E-state index contributed by atoms with van der Waals surface area (Å²) in [7, 11) is 0. The van der Waals surface area contributed by atoms with E-state index in [9.17, 15) is 19.2 Å². The monoisotopic (exact) mass is 622 g/mol. The highest BCUT2D eigenvalue weighted by molar-refractivity contribution is 7.99. The van der Waals surface area contributed by atoms with Gasteiger partial charge in [-0.25, -0.2) is 0 Å². The van der Waals surface area contributed by atoms with Gasteiger partial charge in [0.2, 0.25) is 12.4 Å². The predicted octanol–water partition coefficient (Wildman–Crippen LogP) is 6.11. The fraction of sp³-hybridized carbons (Fsp3) is 0.697. The van der Waals surface area contributed by atoms with Gasteiger partial charge >= 0.3 is 23.9 Å². The first kappa shape index (κ1) is 36.6. The summed E-state index contributed by atoms with van der Waals surface area (Å²) in [5.41, 5.74) is -2.42. The number of carbonyl (C=O) groups is 4. The Bertz CT molecular complexity index is 1120. The highest BCUT2D eigenvalue weighted by atomic mass is 32.2. The average molecular weight is 623 g/mol. The molecular formula is C33H50O9S. The molecule has 2 rings (SSSR count). The van der Waals surface area contributed by atoms with E-state index in [0.717, 1.165) is 5.56 Å². The van der Waals surface area contributed by atoms with Crippen molar-refractivity contribution in [2.24, 2.45) is 21.7 Å². The zero-order valence-electron chi connectivity index (χ0n) is 27.8. The van der Waals surface area contributed by atoms with Crippen molar-refractivity contribution in [1.82, 2.24) is 0 Å². The third-order valence-electron chi connectivity index (χ3n) is 6.42. The second-order valence-electron chi connectivity index (χ2n) is 15.0. The molecule has 0 spiro atoms. The smallest absolute Gasteiger partial charge is 0.313 e. The minimum atomic E-state index is -1.36. The van der Waals surface area contributed by atoms with Crippen LogP contribution in [0.3, 0.4) is 0 Å². The Kier molecular flexibility index (Phi) is 11.9. The summed E-state index contributed by atoms with van der Waals surface area (Å²) in [6.45, 7) is 20.5. The van der Waals surface area contributed by atoms with Gasteiger partial charge in [-0.2, -0.15) is 0 Å². The molecule has 9 nitrogen and oxygen atoms in total. The van der Waals surface area contributed by atoms with Crippen molar-refractivity contribution in [3.63, 3.8) is 0 Å². The Morgan fingerprint density at radius 3 is 1.58 bits per heavy atom. The average Bonchev–Trinajstić information content (AvgIpc) is 3.18. The number of ether oxygens (including phenoxy) is 5. The summed E-state index contributed by atoms with van der Waals surface area (Å²) >= 11 is 1.44. The van der Waals surface area contributed by atoms with Crippen LogP contribution in [0.1, 0.15) is 88.6 Å². The lowest BCUT2D eigenvalue weighted by molar-refractivity contribution is -0.207. The molecule has 1 aromatic carbocycles. The Morgan fingerprint density at radius 2 is 1.12 bits per heavy atom. The molecular weight excluding hydrogens is 572 g/mol. The molecule has 10 heteroatoms. The summed E-state index contributed by atoms with van der Waals surface area (Å²) in [4.78, 5) is 52.2. The molecule has 1 heterocycles. The first-order valence-corrected chi connectivity index (χ1v) is 15.7. The number of benzene rings is 1. The molecule has 0 aromatic heterocycles. The molecule has 0 aliphatic carbocycles. The molecule has 1 aliphatic heterocycles. The molecule has 242 valence electrons. The van der Waals surface area contributed by atoms with Gasteiger partial charge in [0.15, 0.2) is 6.10 Å². The van der Waals surface area contributed by atoms with E-state index in [2.05, 4.69) is 0 Å². The van der Waals surface area contributed by atoms with Crippen LogP contribution in [0.15, 0.2) is 30.3 Å². The molecule has 0 bridgehead atoms. The highest BCUT2D eigenvalue weighted by Gasteiger charge is 2.56. The zero-order valence-corrected chi connectivity index (χ0v) is 28.6. The van der Waals surface area contributed by atoms with E-state index in [1.54, 1.807) is 83.1 Å². The van der Waals surface area contributed by atoms with Gasteiger partial charge in [0.25, 0.3) is 0 Å². The van der Waals surface area contributed by atoms with Gasteiger partial charge in [0.1, 0.15) is 12.7 Å². The maximum atomic E-state index is 13.3. The zero-order chi connectivity index (χ0) is 33.0. The topological polar surface area (TPSA) is 114 Å².